The molecule has 0 unspecified atom stereocenters. The fraction of sp³-hybridized carbons (Fsp3) is 1.00. The Kier molecular flexibility index (Phi) is 7.35. The molecular formula is C12H27N. The summed E-state index contributed by atoms with van der Waals surface area (Å²) in [5, 5.41) is 3.70. The van der Waals surface area contributed by atoms with Gasteiger partial charge >= 0.3 is 0 Å². The minimum atomic E-state index is 0.451. The first-order valence-electron chi connectivity index (χ1n) is 5.99. The molecule has 0 aliphatic carbocycles. The van der Waals surface area contributed by atoms with Gasteiger partial charge in [-0.05, 0) is 25.8 Å². The highest BCUT2D eigenvalue weighted by molar-refractivity contribution is 4.86. The summed E-state index contributed by atoms with van der Waals surface area (Å²) in [4.78, 5) is 0. The Morgan fingerprint density at radius 3 is 1.38 bits per heavy atom. The van der Waals surface area contributed by atoms with Crippen molar-refractivity contribution in [1.29, 1.82) is 0 Å². The van der Waals surface area contributed by atoms with Crippen LogP contribution >= 0.6 is 0 Å². The third-order valence-corrected chi connectivity index (χ3v) is 2.74. The Morgan fingerprint density at radius 1 is 0.769 bits per heavy atom. The van der Waals surface area contributed by atoms with Crippen LogP contribution in [0.3, 0.4) is 0 Å². The summed E-state index contributed by atoms with van der Waals surface area (Å²) in [5.74, 6) is 0. The Hall–Kier alpha value is -0.0400. The summed E-state index contributed by atoms with van der Waals surface area (Å²) in [7, 11) is 0. The summed E-state index contributed by atoms with van der Waals surface area (Å²) >= 11 is 0. The summed E-state index contributed by atoms with van der Waals surface area (Å²) in [6.45, 7) is 10.2. The van der Waals surface area contributed by atoms with Crippen molar-refractivity contribution in [2.45, 2.75) is 71.8 Å². The van der Waals surface area contributed by atoms with Crippen LogP contribution in [0.15, 0.2) is 0 Å². The maximum absolute atomic E-state index is 3.70. The standard InChI is InChI=1S/C12H27N/c1-5-9-12(10-6-2,11-7-3)13-8-4/h13H,5-11H2,1-4H3. The van der Waals surface area contributed by atoms with Gasteiger partial charge in [-0.25, -0.2) is 0 Å². The molecular weight excluding hydrogens is 158 g/mol. The van der Waals surface area contributed by atoms with Gasteiger partial charge in [-0.3, -0.25) is 0 Å². The van der Waals surface area contributed by atoms with Gasteiger partial charge in [0.2, 0.25) is 0 Å². The third kappa shape index (κ3) is 4.66. The highest BCUT2D eigenvalue weighted by atomic mass is 15.0. The van der Waals surface area contributed by atoms with Crippen molar-refractivity contribution in [3.05, 3.63) is 0 Å². The van der Waals surface area contributed by atoms with E-state index in [1.807, 2.05) is 0 Å². The quantitative estimate of drug-likeness (QED) is 0.607. The largest absolute Gasteiger partial charge is 0.312 e. The van der Waals surface area contributed by atoms with Gasteiger partial charge in [-0.1, -0.05) is 47.0 Å². The predicted molar refractivity (Wildman–Crippen MR) is 61.1 cm³/mol. The van der Waals surface area contributed by atoms with Crippen LogP contribution in [0.2, 0.25) is 0 Å². The average molecular weight is 185 g/mol. The molecule has 1 heteroatoms. The first kappa shape index (κ1) is 13.0. The number of hydrogen-bond donors (Lipinski definition) is 1. The van der Waals surface area contributed by atoms with Gasteiger partial charge in [-0.2, -0.15) is 0 Å². The van der Waals surface area contributed by atoms with E-state index >= 15 is 0 Å². The van der Waals surface area contributed by atoms with Crippen LogP contribution in [0.1, 0.15) is 66.2 Å². The highest BCUT2D eigenvalue weighted by Gasteiger charge is 2.25. The molecule has 0 aromatic rings. The van der Waals surface area contributed by atoms with E-state index in [1.165, 1.54) is 38.5 Å². The molecule has 1 N–H and O–H groups in total. The molecule has 0 rings (SSSR count). The molecule has 0 bridgehead atoms. The lowest BCUT2D eigenvalue weighted by Gasteiger charge is -2.34. The van der Waals surface area contributed by atoms with Gasteiger partial charge in [-0.15, -0.1) is 0 Å². The van der Waals surface area contributed by atoms with Crippen LogP contribution in [0.5, 0.6) is 0 Å². The van der Waals surface area contributed by atoms with E-state index in [-0.39, 0.29) is 0 Å². The molecule has 0 amide bonds. The molecule has 80 valence electrons. The second-order valence-electron chi connectivity index (χ2n) is 4.06. The molecule has 0 heterocycles. The minimum Gasteiger partial charge on any atom is -0.312 e. The Balaban J connectivity index is 4.19. The fourth-order valence-corrected chi connectivity index (χ4v) is 2.45. The maximum atomic E-state index is 3.70. The first-order valence-corrected chi connectivity index (χ1v) is 5.99. The summed E-state index contributed by atoms with van der Waals surface area (Å²) < 4.78 is 0. The molecule has 0 aromatic heterocycles. The van der Waals surface area contributed by atoms with E-state index in [0.717, 1.165) is 6.54 Å². The smallest absolute Gasteiger partial charge is 0.0181 e. The monoisotopic (exact) mass is 185 g/mol. The lowest BCUT2D eigenvalue weighted by atomic mass is 9.84. The second kappa shape index (κ2) is 7.37. The summed E-state index contributed by atoms with van der Waals surface area (Å²) in [5.41, 5.74) is 0.451. The van der Waals surface area contributed by atoms with Crippen LogP contribution in [-0.4, -0.2) is 12.1 Å². The molecule has 0 aliphatic heterocycles. The van der Waals surface area contributed by atoms with Gasteiger partial charge < -0.3 is 5.32 Å². The average Bonchev–Trinajstić information content (AvgIpc) is 2.06. The van der Waals surface area contributed by atoms with Crippen LogP contribution < -0.4 is 5.32 Å². The number of hydrogen-bond acceptors (Lipinski definition) is 1. The van der Waals surface area contributed by atoms with E-state index in [0.29, 0.717) is 5.54 Å². The van der Waals surface area contributed by atoms with Crippen LogP contribution in [-0.2, 0) is 0 Å². The fourth-order valence-electron chi connectivity index (χ4n) is 2.45. The molecule has 0 aromatic carbocycles. The Bertz CT molecular complexity index is 80.2. The highest BCUT2D eigenvalue weighted by Crippen LogP contribution is 2.24. The van der Waals surface area contributed by atoms with Crippen LogP contribution in [0.4, 0.5) is 0 Å². The molecule has 0 atom stereocenters. The van der Waals surface area contributed by atoms with Gasteiger partial charge in [0.1, 0.15) is 0 Å². The molecule has 0 fully saturated rings. The molecule has 0 aliphatic rings. The Labute approximate surface area is 84.3 Å². The van der Waals surface area contributed by atoms with Crippen LogP contribution in [0, 0.1) is 0 Å². The van der Waals surface area contributed by atoms with Crippen molar-refractivity contribution in [3.8, 4) is 0 Å². The van der Waals surface area contributed by atoms with Gasteiger partial charge in [0.25, 0.3) is 0 Å². The molecule has 0 radical (unpaired) electrons. The molecule has 13 heavy (non-hydrogen) atoms. The van der Waals surface area contributed by atoms with E-state index in [9.17, 15) is 0 Å². The first-order chi connectivity index (χ1) is 6.24. The zero-order chi connectivity index (χ0) is 10.2. The van der Waals surface area contributed by atoms with Crippen molar-refractivity contribution in [3.63, 3.8) is 0 Å². The lowest BCUT2D eigenvalue weighted by Crippen LogP contribution is -2.44. The second-order valence-corrected chi connectivity index (χ2v) is 4.06. The lowest BCUT2D eigenvalue weighted by molar-refractivity contribution is 0.258. The molecule has 0 spiro atoms. The maximum Gasteiger partial charge on any atom is 0.0181 e. The summed E-state index contributed by atoms with van der Waals surface area (Å²) in [6, 6.07) is 0. The molecule has 0 saturated carbocycles. The van der Waals surface area contributed by atoms with Gasteiger partial charge in [0.05, 0.1) is 0 Å². The predicted octanol–water partition coefficient (Wildman–Crippen LogP) is 3.74. The third-order valence-electron chi connectivity index (χ3n) is 2.74. The van der Waals surface area contributed by atoms with Crippen molar-refractivity contribution in [2.75, 3.05) is 6.54 Å². The van der Waals surface area contributed by atoms with Crippen molar-refractivity contribution in [1.82, 2.24) is 5.32 Å². The van der Waals surface area contributed by atoms with Crippen LogP contribution in [0.25, 0.3) is 0 Å². The van der Waals surface area contributed by atoms with E-state index in [2.05, 4.69) is 33.0 Å². The topological polar surface area (TPSA) is 12.0 Å². The number of nitrogens with one attached hydrogen (secondary N) is 1. The number of rotatable bonds is 8. The zero-order valence-corrected chi connectivity index (χ0v) is 9.95. The van der Waals surface area contributed by atoms with E-state index in [1.54, 1.807) is 0 Å². The van der Waals surface area contributed by atoms with E-state index < -0.39 is 0 Å². The molecule has 1 nitrogen and oxygen atoms in total. The van der Waals surface area contributed by atoms with Gasteiger partial charge in [0.15, 0.2) is 0 Å². The van der Waals surface area contributed by atoms with Gasteiger partial charge in [0, 0.05) is 5.54 Å². The van der Waals surface area contributed by atoms with Crippen molar-refractivity contribution in [2.24, 2.45) is 0 Å². The zero-order valence-electron chi connectivity index (χ0n) is 9.95. The molecule has 0 saturated heterocycles. The van der Waals surface area contributed by atoms with Crippen molar-refractivity contribution >= 4 is 0 Å². The summed E-state index contributed by atoms with van der Waals surface area (Å²) in [6.07, 6.45) is 7.90. The SMILES string of the molecule is CCCC(CCC)(CCC)NCC. The van der Waals surface area contributed by atoms with E-state index in [4.69, 9.17) is 0 Å². The Morgan fingerprint density at radius 2 is 1.15 bits per heavy atom. The van der Waals surface area contributed by atoms with Crippen molar-refractivity contribution < 1.29 is 0 Å². The normalized spacial score (nSPS) is 12.0. The minimum absolute atomic E-state index is 0.451.